The number of carboxylic acid groups (broad SMARTS) is 1. The number of hydrogen-bond donors (Lipinski definition) is 3. The number of aromatic nitrogens is 3. The number of aliphatic carboxylic acids is 1. The summed E-state index contributed by atoms with van der Waals surface area (Å²) in [4.78, 5) is 22.0. The van der Waals surface area contributed by atoms with Crippen LogP contribution in [0.3, 0.4) is 0 Å². The van der Waals surface area contributed by atoms with Gasteiger partial charge in [-0.15, -0.1) is 5.10 Å². The topological polar surface area (TPSA) is 108 Å². The number of nitrogens with zero attached hydrogens (tertiary/aromatic N) is 2. The molecule has 7 nitrogen and oxygen atoms in total. The molecule has 0 saturated heterocycles. The minimum atomic E-state index is -0.869. The van der Waals surface area contributed by atoms with Crippen LogP contribution in [-0.4, -0.2) is 42.3 Å². The molecule has 1 aromatic rings. The third-order valence-corrected chi connectivity index (χ3v) is 4.88. The maximum absolute atomic E-state index is 11.2. The van der Waals surface area contributed by atoms with Crippen molar-refractivity contribution in [2.45, 2.75) is 36.4 Å². The van der Waals surface area contributed by atoms with E-state index in [0.29, 0.717) is 36.6 Å². The fraction of sp³-hybridized carbons (Fsp3) is 0.727. The van der Waals surface area contributed by atoms with Crippen LogP contribution in [-0.2, 0) is 11.8 Å². The lowest BCUT2D eigenvalue weighted by molar-refractivity contribution is -0.144. The highest BCUT2D eigenvalue weighted by atomic mass is 32.2. The van der Waals surface area contributed by atoms with Crippen molar-refractivity contribution in [2.24, 2.45) is 13.0 Å². The first-order valence-electron chi connectivity index (χ1n) is 6.11. The molecule has 0 bridgehead atoms. The number of thioether (sulfide) groups is 1. The van der Waals surface area contributed by atoms with Gasteiger partial charge in [0.2, 0.25) is 0 Å². The van der Waals surface area contributed by atoms with Crippen LogP contribution in [0.4, 0.5) is 0 Å². The number of carbonyl (C=O) groups is 1. The number of rotatable bonds is 4. The standard InChI is InChI=1S/C11H17N3O4S/c1-14-9(17)12-13-10(14)19-6-11(18)4-2-7(3-5-11)8(15)16/h7,18H,2-6H2,1H3,(H,12,17)(H,15,16). The van der Waals surface area contributed by atoms with E-state index < -0.39 is 11.6 Å². The largest absolute Gasteiger partial charge is 0.481 e. The van der Waals surface area contributed by atoms with Crippen LogP contribution in [0.15, 0.2) is 9.95 Å². The van der Waals surface area contributed by atoms with Gasteiger partial charge in [-0.1, -0.05) is 11.8 Å². The summed E-state index contributed by atoms with van der Waals surface area (Å²) in [6.07, 6.45) is 1.92. The fourth-order valence-electron chi connectivity index (χ4n) is 2.21. The van der Waals surface area contributed by atoms with Crippen LogP contribution in [0.5, 0.6) is 0 Å². The molecule has 0 unspecified atom stereocenters. The van der Waals surface area contributed by atoms with Crippen LogP contribution < -0.4 is 5.69 Å². The summed E-state index contributed by atoms with van der Waals surface area (Å²) in [5.74, 6) is -0.721. The summed E-state index contributed by atoms with van der Waals surface area (Å²) in [5, 5.41) is 26.0. The van der Waals surface area contributed by atoms with E-state index in [1.165, 1.54) is 16.3 Å². The van der Waals surface area contributed by atoms with Crippen molar-refractivity contribution in [3.63, 3.8) is 0 Å². The minimum absolute atomic E-state index is 0.288. The molecule has 0 atom stereocenters. The number of nitrogens with one attached hydrogen (secondary N) is 1. The van der Waals surface area contributed by atoms with Gasteiger partial charge < -0.3 is 10.2 Å². The molecule has 0 aromatic carbocycles. The van der Waals surface area contributed by atoms with E-state index in [0.717, 1.165) is 0 Å². The molecule has 0 spiro atoms. The van der Waals surface area contributed by atoms with Crippen molar-refractivity contribution in [3.05, 3.63) is 10.5 Å². The molecule has 0 amide bonds. The third-order valence-electron chi connectivity index (χ3n) is 3.57. The highest BCUT2D eigenvalue weighted by molar-refractivity contribution is 7.99. The molecule has 1 aliphatic carbocycles. The molecule has 1 aromatic heterocycles. The van der Waals surface area contributed by atoms with Gasteiger partial charge in [0.25, 0.3) is 0 Å². The quantitative estimate of drug-likeness (QED) is 0.683. The Balaban J connectivity index is 1.91. The Labute approximate surface area is 114 Å². The van der Waals surface area contributed by atoms with E-state index in [4.69, 9.17) is 5.11 Å². The third kappa shape index (κ3) is 3.19. The Morgan fingerprint density at radius 3 is 2.68 bits per heavy atom. The molecule has 8 heteroatoms. The summed E-state index contributed by atoms with van der Waals surface area (Å²) in [7, 11) is 1.61. The molecule has 19 heavy (non-hydrogen) atoms. The smallest absolute Gasteiger partial charge is 0.343 e. The van der Waals surface area contributed by atoms with Crippen LogP contribution in [0, 0.1) is 5.92 Å². The van der Waals surface area contributed by atoms with E-state index in [-0.39, 0.29) is 11.6 Å². The lowest BCUT2D eigenvalue weighted by atomic mass is 9.80. The van der Waals surface area contributed by atoms with E-state index >= 15 is 0 Å². The molecule has 0 radical (unpaired) electrons. The second-order valence-corrected chi connectivity index (χ2v) is 5.94. The van der Waals surface area contributed by atoms with Gasteiger partial charge in [-0.05, 0) is 25.7 Å². The van der Waals surface area contributed by atoms with Gasteiger partial charge in [-0.2, -0.15) is 0 Å². The van der Waals surface area contributed by atoms with Gasteiger partial charge in [0, 0.05) is 12.8 Å². The molecular formula is C11H17N3O4S. The van der Waals surface area contributed by atoms with Gasteiger partial charge in [-0.25, -0.2) is 9.89 Å². The predicted molar refractivity (Wildman–Crippen MR) is 69.1 cm³/mol. The van der Waals surface area contributed by atoms with Crippen molar-refractivity contribution in [2.75, 3.05) is 5.75 Å². The first kappa shape index (κ1) is 14.1. The van der Waals surface area contributed by atoms with Crippen LogP contribution in [0.1, 0.15) is 25.7 Å². The summed E-state index contributed by atoms with van der Waals surface area (Å²) in [5.41, 5.74) is -1.16. The summed E-state index contributed by atoms with van der Waals surface area (Å²) >= 11 is 1.31. The molecular weight excluding hydrogens is 270 g/mol. The molecule has 1 saturated carbocycles. The number of hydrogen-bond acceptors (Lipinski definition) is 5. The zero-order valence-corrected chi connectivity index (χ0v) is 11.4. The highest BCUT2D eigenvalue weighted by Gasteiger charge is 2.36. The molecule has 2 rings (SSSR count). The SMILES string of the molecule is Cn1c(SCC2(O)CCC(C(=O)O)CC2)n[nH]c1=O. The van der Waals surface area contributed by atoms with Crippen molar-refractivity contribution in [1.29, 1.82) is 0 Å². The lowest BCUT2D eigenvalue weighted by Gasteiger charge is -2.34. The second-order valence-electron chi connectivity index (χ2n) is 5.00. The molecule has 1 fully saturated rings. The summed E-state index contributed by atoms with van der Waals surface area (Å²) in [6.45, 7) is 0. The normalized spacial score (nSPS) is 27.4. The minimum Gasteiger partial charge on any atom is -0.481 e. The first-order chi connectivity index (χ1) is 8.91. The molecule has 3 N–H and O–H groups in total. The maximum atomic E-state index is 11.2. The Morgan fingerprint density at radius 1 is 1.58 bits per heavy atom. The van der Waals surface area contributed by atoms with Crippen molar-refractivity contribution >= 4 is 17.7 Å². The van der Waals surface area contributed by atoms with Crippen LogP contribution >= 0.6 is 11.8 Å². The van der Waals surface area contributed by atoms with Gasteiger partial charge >= 0.3 is 11.7 Å². The Bertz CT molecular complexity index is 516. The number of carboxylic acids is 1. The highest BCUT2D eigenvalue weighted by Crippen LogP contribution is 2.35. The van der Waals surface area contributed by atoms with Crippen molar-refractivity contribution in [3.8, 4) is 0 Å². The Morgan fingerprint density at radius 2 is 2.21 bits per heavy atom. The van der Waals surface area contributed by atoms with E-state index in [9.17, 15) is 14.7 Å². The molecule has 106 valence electrons. The van der Waals surface area contributed by atoms with Crippen molar-refractivity contribution < 1.29 is 15.0 Å². The molecule has 1 heterocycles. The van der Waals surface area contributed by atoms with E-state index in [1.54, 1.807) is 7.05 Å². The summed E-state index contributed by atoms with van der Waals surface area (Å²) < 4.78 is 1.39. The number of aliphatic hydroxyl groups is 1. The maximum Gasteiger partial charge on any atom is 0.343 e. The zero-order valence-electron chi connectivity index (χ0n) is 10.6. The van der Waals surface area contributed by atoms with E-state index in [1.807, 2.05) is 0 Å². The van der Waals surface area contributed by atoms with Crippen molar-refractivity contribution in [1.82, 2.24) is 14.8 Å². The van der Waals surface area contributed by atoms with Crippen LogP contribution in [0.25, 0.3) is 0 Å². The average Bonchev–Trinajstić information content (AvgIpc) is 2.68. The Hall–Kier alpha value is -1.28. The molecule has 0 aliphatic heterocycles. The number of H-pyrrole nitrogens is 1. The van der Waals surface area contributed by atoms with Gasteiger partial charge in [0.15, 0.2) is 5.16 Å². The van der Waals surface area contributed by atoms with Gasteiger partial charge in [-0.3, -0.25) is 9.36 Å². The first-order valence-corrected chi connectivity index (χ1v) is 7.09. The average molecular weight is 287 g/mol. The fourth-order valence-corrected chi connectivity index (χ4v) is 3.28. The zero-order chi connectivity index (χ0) is 14.0. The second kappa shape index (κ2) is 5.38. The number of aromatic amines is 1. The predicted octanol–water partition coefficient (Wildman–Crippen LogP) is 0.206. The lowest BCUT2D eigenvalue weighted by Crippen LogP contribution is -2.38. The monoisotopic (exact) mass is 287 g/mol. The van der Waals surface area contributed by atoms with Crippen LogP contribution in [0.2, 0.25) is 0 Å². The molecule has 1 aliphatic rings. The van der Waals surface area contributed by atoms with Gasteiger partial charge in [0.1, 0.15) is 0 Å². The van der Waals surface area contributed by atoms with Gasteiger partial charge in [0.05, 0.1) is 11.5 Å². The van der Waals surface area contributed by atoms with E-state index in [2.05, 4.69) is 10.2 Å². The Kier molecular flexibility index (Phi) is 4.00. The summed E-state index contributed by atoms with van der Waals surface area (Å²) in [6, 6.07) is 0.